The molecule has 0 atom stereocenters. The average Bonchev–Trinajstić information content (AvgIpc) is 3.13. The van der Waals surface area contributed by atoms with Crippen molar-refractivity contribution in [1.29, 1.82) is 0 Å². The summed E-state index contributed by atoms with van der Waals surface area (Å²) in [5.74, 6) is 0.973. The van der Waals surface area contributed by atoms with Gasteiger partial charge in [-0.15, -0.1) is 11.3 Å². The van der Waals surface area contributed by atoms with Gasteiger partial charge in [0.15, 0.2) is 16.7 Å². The van der Waals surface area contributed by atoms with Crippen molar-refractivity contribution in [2.45, 2.75) is 25.4 Å². The normalized spacial score (nSPS) is 11.1. The van der Waals surface area contributed by atoms with Gasteiger partial charge >= 0.3 is 0 Å². The van der Waals surface area contributed by atoms with Gasteiger partial charge in [-0.3, -0.25) is 9.36 Å². The van der Waals surface area contributed by atoms with Crippen LogP contribution in [0.1, 0.15) is 17.4 Å². The number of hydrogen-bond acceptors (Lipinski definition) is 6. The third-order valence-electron chi connectivity index (χ3n) is 5.07. The van der Waals surface area contributed by atoms with Crippen LogP contribution < -0.4 is 15.0 Å². The fraction of sp³-hybridized carbons (Fsp3) is 0.250. The Morgan fingerprint density at radius 3 is 2.75 bits per heavy atom. The van der Waals surface area contributed by atoms with Gasteiger partial charge in [-0.05, 0) is 43.2 Å². The number of halogens is 1. The van der Waals surface area contributed by atoms with Gasteiger partial charge in [-0.1, -0.05) is 36.9 Å². The van der Waals surface area contributed by atoms with Gasteiger partial charge in [0.1, 0.15) is 10.6 Å². The Balaban J connectivity index is 1.71. The van der Waals surface area contributed by atoms with Crippen molar-refractivity contribution in [2.24, 2.45) is 0 Å². The minimum atomic E-state index is -0.397. The zero-order valence-electron chi connectivity index (χ0n) is 18.1. The Kier molecular flexibility index (Phi) is 6.81. The van der Waals surface area contributed by atoms with Crippen LogP contribution in [0.3, 0.4) is 0 Å². The highest BCUT2D eigenvalue weighted by atomic mass is 32.2. The quantitative estimate of drug-likeness (QED) is 0.190. The molecule has 0 aliphatic rings. The molecule has 5 nitrogen and oxygen atoms in total. The summed E-state index contributed by atoms with van der Waals surface area (Å²) in [5.41, 5.74) is 1.57. The molecule has 2 aromatic carbocycles. The summed E-state index contributed by atoms with van der Waals surface area (Å²) in [4.78, 5) is 20.3. The number of thiophene rings is 1. The summed E-state index contributed by atoms with van der Waals surface area (Å²) in [6.45, 7) is 4.33. The van der Waals surface area contributed by atoms with Crippen LogP contribution in [0, 0.1) is 12.7 Å². The van der Waals surface area contributed by atoms with Crippen LogP contribution in [0.15, 0.2) is 58.5 Å². The molecule has 0 radical (unpaired) electrons. The first-order chi connectivity index (χ1) is 15.5. The van der Waals surface area contributed by atoms with Crippen molar-refractivity contribution in [3.8, 4) is 17.2 Å². The number of nitrogens with zero attached hydrogens (tertiary/aromatic N) is 2. The number of aryl methyl sites for hydroxylation is 2. The van der Waals surface area contributed by atoms with Gasteiger partial charge in [0, 0.05) is 16.7 Å². The molecule has 0 saturated carbocycles. The van der Waals surface area contributed by atoms with E-state index in [0.717, 1.165) is 21.7 Å². The van der Waals surface area contributed by atoms with E-state index in [9.17, 15) is 9.18 Å². The predicted molar refractivity (Wildman–Crippen MR) is 129 cm³/mol. The Bertz CT molecular complexity index is 1320. The maximum Gasteiger partial charge on any atom is 0.267 e. The summed E-state index contributed by atoms with van der Waals surface area (Å²) in [7, 11) is 1.59. The third-order valence-corrected chi connectivity index (χ3v) is 7.31. The fourth-order valence-corrected chi connectivity index (χ4v) is 5.46. The largest absolute Gasteiger partial charge is 0.497 e. The van der Waals surface area contributed by atoms with Crippen molar-refractivity contribution < 1.29 is 13.9 Å². The van der Waals surface area contributed by atoms with E-state index in [2.05, 4.69) is 6.92 Å². The lowest BCUT2D eigenvalue weighted by atomic mass is 10.2. The van der Waals surface area contributed by atoms with Crippen molar-refractivity contribution in [3.63, 3.8) is 0 Å². The zero-order chi connectivity index (χ0) is 22.7. The standard InChI is InChI=1S/C24H23FN2O3S2/c1-4-20-15(2)21-22(32-20)26-24(31-13-12-30-19-11-6-5-10-18(19)25)27(23(21)28)16-8-7-9-17(14-16)29-3/h5-11,14H,4,12-13H2,1-3H3. The van der Waals surface area contributed by atoms with Crippen LogP contribution in [-0.4, -0.2) is 29.0 Å². The number of rotatable bonds is 8. The third kappa shape index (κ3) is 4.38. The summed E-state index contributed by atoms with van der Waals surface area (Å²) < 4.78 is 26.3. The second-order valence-electron chi connectivity index (χ2n) is 7.05. The average molecular weight is 471 g/mol. The number of aromatic nitrogens is 2. The lowest BCUT2D eigenvalue weighted by Crippen LogP contribution is -2.22. The molecule has 0 aliphatic heterocycles. The maximum atomic E-state index is 13.8. The molecule has 0 unspecified atom stereocenters. The van der Waals surface area contributed by atoms with E-state index in [1.165, 1.54) is 17.8 Å². The second kappa shape index (κ2) is 9.75. The first kappa shape index (κ1) is 22.4. The molecule has 0 saturated heterocycles. The fourth-order valence-electron chi connectivity index (χ4n) is 3.47. The molecule has 32 heavy (non-hydrogen) atoms. The predicted octanol–water partition coefficient (Wildman–Crippen LogP) is 5.64. The number of thioether (sulfide) groups is 1. The smallest absolute Gasteiger partial charge is 0.267 e. The first-order valence-electron chi connectivity index (χ1n) is 10.2. The SMILES string of the molecule is CCc1sc2nc(SCCOc3ccccc3F)n(-c3cccc(OC)c3)c(=O)c2c1C. The van der Waals surface area contributed by atoms with Crippen molar-refractivity contribution in [3.05, 3.63) is 75.1 Å². The van der Waals surface area contributed by atoms with Crippen molar-refractivity contribution >= 4 is 33.3 Å². The second-order valence-corrected chi connectivity index (χ2v) is 9.19. The summed E-state index contributed by atoms with van der Waals surface area (Å²) in [6.07, 6.45) is 0.852. The van der Waals surface area contributed by atoms with E-state index < -0.39 is 5.82 Å². The van der Waals surface area contributed by atoms with E-state index in [1.54, 1.807) is 41.2 Å². The summed E-state index contributed by atoms with van der Waals surface area (Å²) >= 11 is 2.96. The number of fused-ring (bicyclic) bond motifs is 1. The van der Waals surface area contributed by atoms with E-state index in [0.29, 0.717) is 27.7 Å². The first-order valence-corrected chi connectivity index (χ1v) is 12.0. The van der Waals surface area contributed by atoms with E-state index in [-0.39, 0.29) is 17.9 Å². The molecule has 0 fully saturated rings. The topological polar surface area (TPSA) is 53.4 Å². The zero-order valence-corrected chi connectivity index (χ0v) is 19.7. The van der Waals surface area contributed by atoms with Crippen LogP contribution in [0.2, 0.25) is 0 Å². The molecule has 0 N–H and O–H groups in total. The molecule has 0 amide bonds. The number of para-hydroxylation sites is 1. The van der Waals surface area contributed by atoms with Crippen LogP contribution in [-0.2, 0) is 6.42 Å². The number of ether oxygens (including phenoxy) is 2. The number of methoxy groups -OCH3 is 1. The lowest BCUT2D eigenvalue weighted by Gasteiger charge is -2.13. The molecule has 0 bridgehead atoms. The van der Waals surface area contributed by atoms with Crippen LogP contribution >= 0.6 is 23.1 Å². The molecule has 0 spiro atoms. The van der Waals surface area contributed by atoms with E-state index >= 15 is 0 Å². The van der Waals surface area contributed by atoms with E-state index in [4.69, 9.17) is 14.5 Å². The molecule has 2 aromatic heterocycles. The van der Waals surface area contributed by atoms with Gasteiger partial charge in [-0.2, -0.15) is 0 Å². The monoisotopic (exact) mass is 470 g/mol. The molecule has 0 aliphatic carbocycles. The Labute approximate surface area is 193 Å². The molecular formula is C24H23FN2O3S2. The maximum absolute atomic E-state index is 13.8. The van der Waals surface area contributed by atoms with Crippen LogP contribution in [0.5, 0.6) is 11.5 Å². The summed E-state index contributed by atoms with van der Waals surface area (Å²) in [6, 6.07) is 13.7. The lowest BCUT2D eigenvalue weighted by molar-refractivity contribution is 0.325. The number of benzene rings is 2. The molecule has 8 heteroatoms. The summed E-state index contributed by atoms with van der Waals surface area (Å²) in [5, 5.41) is 1.22. The highest BCUT2D eigenvalue weighted by Gasteiger charge is 2.19. The Hall–Kier alpha value is -2.84. The molecule has 4 rings (SSSR count). The molecule has 166 valence electrons. The minimum absolute atomic E-state index is 0.103. The van der Waals surface area contributed by atoms with Crippen molar-refractivity contribution in [1.82, 2.24) is 9.55 Å². The highest BCUT2D eigenvalue weighted by molar-refractivity contribution is 7.99. The molecule has 4 aromatic rings. The Morgan fingerprint density at radius 2 is 2.00 bits per heavy atom. The van der Waals surface area contributed by atoms with E-state index in [1.807, 2.05) is 31.2 Å². The highest BCUT2D eigenvalue weighted by Crippen LogP contribution is 2.31. The molecule has 2 heterocycles. The Morgan fingerprint density at radius 1 is 1.19 bits per heavy atom. The van der Waals surface area contributed by atoms with Gasteiger partial charge in [0.2, 0.25) is 0 Å². The van der Waals surface area contributed by atoms with Gasteiger partial charge in [0.25, 0.3) is 5.56 Å². The van der Waals surface area contributed by atoms with Crippen LogP contribution in [0.25, 0.3) is 15.9 Å². The van der Waals surface area contributed by atoms with Crippen molar-refractivity contribution in [2.75, 3.05) is 19.5 Å². The van der Waals surface area contributed by atoms with Gasteiger partial charge < -0.3 is 9.47 Å². The minimum Gasteiger partial charge on any atom is -0.497 e. The van der Waals surface area contributed by atoms with Crippen LogP contribution in [0.4, 0.5) is 4.39 Å². The molecular weight excluding hydrogens is 447 g/mol. The van der Waals surface area contributed by atoms with Gasteiger partial charge in [0.05, 0.1) is 24.8 Å². The number of hydrogen-bond donors (Lipinski definition) is 0. The van der Waals surface area contributed by atoms with Gasteiger partial charge in [-0.25, -0.2) is 9.37 Å².